The monoisotopic (exact) mass is 557 g/mol. The number of carbonyl (C=O) groups is 1. The average Bonchev–Trinajstić information content (AvgIpc) is 3.27. The number of halogens is 4. The van der Waals surface area contributed by atoms with E-state index < -0.39 is 30.0 Å². The molecular weight excluding hydrogens is 530 g/mol. The Morgan fingerprint density at radius 1 is 1.07 bits per heavy atom. The van der Waals surface area contributed by atoms with Crippen molar-refractivity contribution in [2.75, 3.05) is 0 Å². The quantitative estimate of drug-likeness (QED) is 0.241. The molecule has 0 bridgehead atoms. The summed E-state index contributed by atoms with van der Waals surface area (Å²) in [5.41, 5.74) is 2.73. The van der Waals surface area contributed by atoms with Crippen molar-refractivity contribution in [3.8, 4) is 11.5 Å². The second-order valence-corrected chi connectivity index (χ2v) is 9.97. The van der Waals surface area contributed by atoms with Crippen molar-refractivity contribution in [3.63, 3.8) is 0 Å². The molecule has 5 rings (SSSR count). The Morgan fingerprint density at radius 2 is 1.82 bits per heavy atom. The highest BCUT2D eigenvalue weighted by Gasteiger charge is 2.36. The summed E-state index contributed by atoms with van der Waals surface area (Å²) in [4.78, 5) is 21.0. The van der Waals surface area contributed by atoms with Crippen LogP contribution < -0.4 is 9.47 Å². The lowest BCUT2D eigenvalue weighted by Crippen LogP contribution is -2.27. The van der Waals surface area contributed by atoms with E-state index in [4.69, 9.17) is 4.74 Å². The number of pyridine rings is 1. The Labute approximate surface area is 227 Å². The lowest BCUT2D eigenvalue weighted by Gasteiger charge is -2.28. The first-order valence-corrected chi connectivity index (χ1v) is 12.9. The second kappa shape index (κ2) is 11.1. The number of rotatable bonds is 8. The SMILES string of the molecule is Cc1ccc(COc2cc(F)c3nc([C@H]4CCCC[C@@H]4C(=O)O)n(Cc4ccc(OC(F)(F)F)cc4)c3c2)nc1. The normalized spacial score (nSPS) is 17.6. The number of carboxylic acids is 1. The van der Waals surface area contributed by atoms with Gasteiger partial charge in [0.05, 0.1) is 17.1 Å². The van der Waals surface area contributed by atoms with Crippen molar-refractivity contribution >= 4 is 17.0 Å². The Balaban J connectivity index is 1.53. The maximum Gasteiger partial charge on any atom is 0.573 e. The zero-order chi connectivity index (χ0) is 28.4. The molecule has 2 aromatic heterocycles. The van der Waals surface area contributed by atoms with Gasteiger partial charge in [-0.15, -0.1) is 13.2 Å². The Kier molecular flexibility index (Phi) is 7.64. The minimum absolute atomic E-state index is 0.0718. The number of alkyl halides is 3. The molecule has 7 nitrogen and oxygen atoms in total. The molecule has 1 aliphatic carbocycles. The molecule has 0 amide bonds. The van der Waals surface area contributed by atoms with Gasteiger partial charge < -0.3 is 19.1 Å². The number of fused-ring (bicyclic) bond motifs is 1. The zero-order valence-electron chi connectivity index (χ0n) is 21.6. The largest absolute Gasteiger partial charge is 0.573 e. The summed E-state index contributed by atoms with van der Waals surface area (Å²) in [6.45, 7) is 2.15. The van der Waals surface area contributed by atoms with Crippen LogP contribution in [-0.2, 0) is 17.9 Å². The van der Waals surface area contributed by atoms with Crippen molar-refractivity contribution in [2.24, 2.45) is 5.92 Å². The van der Waals surface area contributed by atoms with Gasteiger partial charge in [-0.1, -0.05) is 31.0 Å². The highest BCUT2D eigenvalue weighted by Crippen LogP contribution is 2.40. The lowest BCUT2D eigenvalue weighted by atomic mass is 9.78. The molecule has 2 aromatic carbocycles. The lowest BCUT2D eigenvalue weighted by molar-refractivity contribution is -0.274. The minimum Gasteiger partial charge on any atom is -0.487 e. The van der Waals surface area contributed by atoms with Crippen LogP contribution in [0.2, 0.25) is 0 Å². The van der Waals surface area contributed by atoms with Crippen molar-refractivity contribution in [1.82, 2.24) is 14.5 Å². The highest BCUT2D eigenvalue weighted by atomic mass is 19.4. The number of hydrogen-bond donors (Lipinski definition) is 1. The number of imidazole rings is 1. The van der Waals surface area contributed by atoms with Gasteiger partial charge in [-0.25, -0.2) is 9.37 Å². The van der Waals surface area contributed by atoms with Gasteiger partial charge in [-0.2, -0.15) is 0 Å². The van der Waals surface area contributed by atoms with Crippen LogP contribution in [0.25, 0.3) is 11.0 Å². The van der Waals surface area contributed by atoms with Gasteiger partial charge in [0.25, 0.3) is 0 Å². The molecule has 1 N–H and O–H groups in total. The van der Waals surface area contributed by atoms with Crippen molar-refractivity contribution in [1.29, 1.82) is 0 Å². The van der Waals surface area contributed by atoms with Gasteiger partial charge in [0.15, 0.2) is 5.82 Å². The molecule has 0 saturated heterocycles. The molecule has 4 aromatic rings. The number of aliphatic carboxylic acids is 1. The predicted octanol–water partition coefficient (Wildman–Crippen LogP) is 6.76. The van der Waals surface area contributed by atoms with E-state index in [1.165, 1.54) is 30.3 Å². The van der Waals surface area contributed by atoms with Crippen LogP contribution in [-0.4, -0.2) is 32.0 Å². The standard InChI is InChI=1S/C29H27F4N3O4/c1-17-6-9-19(34-14-17)16-39-21-12-24(30)26-25(13-21)36(15-18-7-10-20(11-8-18)40-29(31,32)33)27(35-26)22-4-2-3-5-23(22)28(37)38/h6-14,22-23H,2-5,15-16H2,1H3,(H,37,38)/t22-,23-/m0/s1. The Hall–Kier alpha value is -4.15. The van der Waals surface area contributed by atoms with Crippen LogP contribution in [0.5, 0.6) is 11.5 Å². The average molecular weight is 558 g/mol. The van der Waals surface area contributed by atoms with Crippen molar-refractivity contribution in [2.45, 2.75) is 58.0 Å². The van der Waals surface area contributed by atoms with Crippen LogP contribution in [0, 0.1) is 18.7 Å². The number of aryl methyl sites for hydroxylation is 1. The van der Waals surface area contributed by atoms with Crippen LogP contribution >= 0.6 is 0 Å². The van der Waals surface area contributed by atoms with Gasteiger partial charge in [-0.05, 0) is 49.1 Å². The molecule has 1 fully saturated rings. The molecule has 0 unspecified atom stereocenters. The van der Waals surface area contributed by atoms with Gasteiger partial charge in [-0.3, -0.25) is 9.78 Å². The van der Waals surface area contributed by atoms with Crippen LogP contribution in [0.15, 0.2) is 54.7 Å². The van der Waals surface area contributed by atoms with E-state index in [-0.39, 0.29) is 30.2 Å². The summed E-state index contributed by atoms with van der Waals surface area (Å²) in [6.07, 6.45) is -0.479. The van der Waals surface area contributed by atoms with Crippen LogP contribution in [0.3, 0.4) is 0 Å². The zero-order valence-corrected chi connectivity index (χ0v) is 21.6. The van der Waals surface area contributed by atoms with Gasteiger partial charge >= 0.3 is 12.3 Å². The fraction of sp³-hybridized carbons (Fsp3) is 0.345. The topological polar surface area (TPSA) is 86.5 Å². The summed E-state index contributed by atoms with van der Waals surface area (Å²) in [5, 5.41) is 9.90. The summed E-state index contributed by atoms with van der Waals surface area (Å²) in [6, 6.07) is 11.9. The number of hydrogen-bond acceptors (Lipinski definition) is 5. The number of nitrogens with zero attached hydrogens (tertiary/aromatic N) is 3. The van der Waals surface area contributed by atoms with E-state index in [1.54, 1.807) is 16.8 Å². The molecular formula is C29H27F4N3O4. The summed E-state index contributed by atoms with van der Waals surface area (Å²) < 4.78 is 64.8. The third-order valence-electron chi connectivity index (χ3n) is 7.08. The van der Waals surface area contributed by atoms with Gasteiger partial charge in [0.2, 0.25) is 0 Å². The fourth-order valence-electron chi connectivity index (χ4n) is 5.16. The molecule has 40 heavy (non-hydrogen) atoms. The maximum absolute atomic E-state index is 15.4. The van der Waals surface area contributed by atoms with Crippen LogP contribution in [0.1, 0.15) is 54.2 Å². The molecule has 0 spiro atoms. The fourth-order valence-corrected chi connectivity index (χ4v) is 5.16. The first kappa shape index (κ1) is 27.4. The highest BCUT2D eigenvalue weighted by molar-refractivity contribution is 5.79. The maximum atomic E-state index is 15.4. The summed E-state index contributed by atoms with van der Waals surface area (Å²) >= 11 is 0. The van der Waals surface area contributed by atoms with E-state index >= 15 is 4.39 Å². The molecule has 210 valence electrons. The Bertz CT molecular complexity index is 1500. The molecule has 2 heterocycles. The molecule has 1 aliphatic rings. The molecule has 0 aliphatic heterocycles. The summed E-state index contributed by atoms with van der Waals surface area (Å²) in [7, 11) is 0. The van der Waals surface area contributed by atoms with Gasteiger partial charge in [0.1, 0.15) is 29.4 Å². The van der Waals surface area contributed by atoms with Crippen LogP contribution in [0.4, 0.5) is 17.6 Å². The molecule has 11 heteroatoms. The second-order valence-electron chi connectivity index (χ2n) is 9.97. The smallest absolute Gasteiger partial charge is 0.487 e. The first-order valence-electron chi connectivity index (χ1n) is 12.9. The van der Waals surface area contributed by atoms with Gasteiger partial charge in [0, 0.05) is 30.8 Å². The van der Waals surface area contributed by atoms with E-state index in [9.17, 15) is 23.1 Å². The Morgan fingerprint density at radius 3 is 2.50 bits per heavy atom. The van der Waals surface area contributed by atoms with Crippen molar-refractivity contribution in [3.05, 3.63) is 83.2 Å². The number of aromatic nitrogens is 3. The van der Waals surface area contributed by atoms with E-state index in [0.717, 1.165) is 18.4 Å². The van der Waals surface area contributed by atoms with Crippen molar-refractivity contribution < 1.29 is 36.9 Å². The number of carboxylic acid groups (broad SMARTS) is 1. The molecule has 1 saturated carbocycles. The van der Waals surface area contributed by atoms with E-state index in [1.807, 2.05) is 19.1 Å². The molecule has 2 atom stereocenters. The predicted molar refractivity (Wildman–Crippen MR) is 138 cm³/mol. The third-order valence-corrected chi connectivity index (χ3v) is 7.08. The van der Waals surface area contributed by atoms with E-state index in [0.29, 0.717) is 35.4 Å². The minimum atomic E-state index is -4.82. The number of ether oxygens (including phenoxy) is 2. The van der Waals surface area contributed by atoms with E-state index in [2.05, 4.69) is 14.7 Å². The number of benzene rings is 2. The summed E-state index contributed by atoms with van der Waals surface area (Å²) in [5.74, 6) is -2.39. The first-order chi connectivity index (χ1) is 19.1. The third kappa shape index (κ3) is 6.19. The molecule has 0 radical (unpaired) electrons.